The highest BCUT2D eigenvalue weighted by Crippen LogP contribution is 2.23. The van der Waals surface area contributed by atoms with Crippen LogP contribution in [0.3, 0.4) is 0 Å². The van der Waals surface area contributed by atoms with Crippen molar-refractivity contribution in [1.82, 2.24) is 14.6 Å². The number of hydrogen-bond donors (Lipinski definition) is 0. The Morgan fingerprint density at radius 2 is 2.37 bits per heavy atom. The van der Waals surface area contributed by atoms with Gasteiger partial charge in [-0.2, -0.15) is 0 Å². The number of halogens is 1. The molecule has 0 N–H and O–H groups in total. The summed E-state index contributed by atoms with van der Waals surface area (Å²) < 4.78 is 7.57. The zero-order valence-electron chi connectivity index (χ0n) is 10.4. The Bertz CT molecular complexity index is 627. The first-order valence-electron chi connectivity index (χ1n) is 6.02. The molecule has 0 aromatic carbocycles. The first-order valence-corrected chi connectivity index (χ1v) is 7.10. The fraction of sp³-hybridized carbons (Fsp3) is 0.417. The van der Waals surface area contributed by atoms with Crippen molar-refractivity contribution in [2.45, 2.75) is 6.42 Å². The Labute approximate surface area is 123 Å². The number of carbonyl (C=O) groups is 1. The lowest BCUT2D eigenvalue weighted by molar-refractivity contribution is -0.144. The van der Waals surface area contributed by atoms with Crippen LogP contribution in [0.15, 0.2) is 18.3 Å². The van der Waals surface area contributed by atoms with Gasteiger partial charge in [0.05, 0.1) is 19.2 Å². The van der Waals surface area contributed by atoms with Gasteiger partial charge >= 0.3 is 5.97 Å². The van der Waals surface area contributed by atoms with Gasteiger partial charge in [-0.3, -0.25) is 4.79 Å². The molecule has 0 radical (unpaired) electrons. The van der Waals surface area contributed by atoms with Crippen LogP contribution in [0.25, 0.3) is 5.65 Å². The summed E-state index contributed by atoms with van der Waals surface area (Å²) in [7, 11) is 1.43. The molecule has 1 atom stereocenters. The minimum absolute atomic E-state index is 0.0515. The maximum Gasteiger partial charge on any atom is 0.310 e. The smallest absolute Gasteiger partial charge is 0.310 e. The van der Waals surface area contributed by atoms with Crippen molar-refractivity contribution < 1.29 is 9.53 Å². The van der Waals surface area contributed by atoms with Crippen LogP contribution < -0.4 is 4.90 Å². The molecular weight excluding hydrogens is 359 g/mol. The van der Waals surface area contributed by atoms with Gasteiger partial charge in [-0.25, -0.2) is 9.50 Å². The summed E-state index contributed by atoms with van der Waals surface area (Å²) in [6.07, 6.45) is 2.60. The highest BCUT2D eigenvalue weighted by atomic mass is 127. The van der Waals surface area contributed by atoms with E-state index in [1.54, 1.807) is 10.7 Å². The standard InChI is InChI=1S/C12H13IN4O2/c1-19-12(18)8-4-5-16(7-8)11-3-2-10-14-6-9(13)17(10)15-11/h2-3,6,8H,4-5,7H2,1H3/t8-/m0/s1. The molecule has 1 aliphatic rings. The highest BCUT2D eigenvalue weighted by molar-refractivity contribution is 14.1. The average molecular weight is 372 g/mol. The third-order valence-electron chi connectivity index (χ3n) is 3.35. The lowest BCUT2D eigenvalue weighted by Gasteiger charge is -2.16. The molecule has 0 amide bonds. The molecule has 1 aliphatic heterocycles. The molecule has 0 spiro atoms. The summed E-state index contributed by atoms with van der Waals surface area (Å²) >= 11 is 2.20. The molecule has 3 rings (SSSR count). The fourth-order valence-corrected chi connectivity index (χ4v) is 2.83. The number of ether oxygens (including phenoxy) is 1. The molecule has 1 saturated heterocycles. The first-order chi connectivity index (χ1) is 9.19. The number of aromatic nitrogens is 3. The van der Waals surface area contributed by atoms with E-state index >= 15 is 0 Å². The lowest BCUT2D eigenvalue weighted by Crippen LogP contribution is -2.24. The Balaban J connectivity index is 1.85. The second-order valence-electron chi connectivity index (χ2n) is 4.50. The molecule has 7 heteroatoms. The maximum absolute atomic E-state index is 11.5. The van der Waals surface area contributed by atoms with Crippen LogP contribution in [0, 0.1) is 9.62 Å². The maximum atomic E-state index is 11.5. The molecular formula is C12H13IN4O2. The van der Waals surface area contributed by atoms with Crippen LogP contribution in [-0.4, -0.2) is 40.8 Å². The highest BCUT2D eigenvalue weighted by Gasteiger charge is 2.29. The van der Waals surface area contributed by atoms with E-state index in [9.17, 15) is 4.79 Å². The van der Waals surface area contributed by atoms with E-state index < -0.39 is 0 Å². The van der Waals surface area contributed by atoms with Gasteiger partial charge in [-0.15, -0.1) is 5.10 Å². The van der Waals surface area contributed by atoms with E-state index in [0.717, 1.165) is 28.1 Å². The second kappa shape index (κ2) is 4.95. The van der Waals surface area contributed by atoms with Gasteiger partial charge in [-0.1, -0.05) is 0 Å². The molecule has 19 heavy (non-hydrogen) atoms. The van der Waals surface area contributed by atoms with Crippen LogP contribution in [0.1, 0.15) is 6.42 Å². The molecule has 1 fully saturated rings. The molecule has 100 valence electrons. The first kappa shape index (κ1) is 12.6. The van der Waals surface area contributed by atoms with Crippen molar-refractivity contribution in [2.75, 3.05) is 25.1 Å². The van der Waals surface area contributed by atoms with Crippen LogP contribution in [0.2, 0.25) is 0 Å². The molecule has 2 aromatic heterocycles. The third kappa shape index (κ3) is 2.26. The number of hydrogen-bond acceptors (Lipinski definition) is 5. The van der Waals surface area contributed by atoms with Crippen LogP contribution in [-0.2, 0) is 9.53 Å². The number of nitrogens with zero attached hydrogens (tertiary/aromatic N) is 4. The summed E-state index contributed by atoms with van der Waals surface area (Å²) in [4.78, 5) is 17.9. The largest absolute Gasteiger partial charge is 0.469 e. The minimum atomic E-state index is -0.138. The zero-order chi connectivity index (χ0) is 13.4. The molecule has 0 bridgehead atoms. The van der Waals surface area contributed by atoms with Gasteiger partial charge in [0.15, 0.2) is 5.65 Å². The summed E-state index contributed by atoms with van der Waals surface area (Å²) in [6.45, 7) is 1.49. The van der Waals surface area contributed by atoms with Crippen molar-refractivity contribution in [2.24, 2.45) is 5.92 Å². The summed E-state index contributed by atoms with van der Waals surface area (Å²) in [6, 6.07) is 3.88. The number of esters is 1. The number of anilines is 1. The number of carbonyl (C=O) groups excluding carboxylic acids is 1. The molecule has 0 unspecified atom stereocenters. The summed E-state index contributed by atoms with van der Waals surface area (Å²) in [5, 5.41) is 4.56. The van der Waals surface area contributed by atoms with Crippen molar-refractivity contribution in [3.8, 4) is 0 Å². The van der Waals surface area contributed by atoms with E-state index in [4.69, 9.17) is 4.74 Å². The topological polar surface area (TPSA) is 59.7 Å². The number of methoxy groups -OCH3 is 1. The SMILES string of the molecule is COC(=O)[C@H]1CCN(c2ccc3ncc(I)n3n2)C1. The quantitative estimate of drug-likeness (QED) is 0.588. The van der Waals surface area contributed by atoms with Crippen molar-refractivity contribution in [3.05, 3.63) is 22.0 Å². The van der Waals surface area contributed by atoms with Gasteiger partial charge < -0.3 is 9.64 Å². The predicted octanol–water partition coefficient (Wildman–Crippen LogP) is 1.33. The van der Waals surface area contributed by atoms with Gasteiger partial charge in [0.2, 0.25) is 0 Å². The van der Waals surface area contributed by atoms with Gasteiger partial charge in [0, 0.05) is 13.1 Å². The minimum Gasteiger partial charge on any atom is -0.469 e. The zero-order valence-corrected chi connectivity index (χ0v) is 12.6. The second-order valence-corrected chi connectivity index (χ2v) is 5.60. The van der Waals surface area contributed by atoms with E-state index in [-0.39, 0.29) is 11.9 Å². The molecule has 0 aliphatic carbocycles. The Kier molecular flexibility index (Phi) is 3.29. The normalized spacial score (nSPS) is 19.1. The number of fused-ring (bicyclic) bond motifs is 1. The van der Waals surface area contributed by atoms with E-state index in [0.29, 0.717) is 6.54 Å². The van der Waals surface area contributed by atoms with Gasteiger partial charge in [0.1, 0.15) is 9.52 Å². The summed E-state index contributed by atoms with van der Waals surface area (Å²) in [5.41, 5.74) is 0.830. The number of rotatable bonds is 2. The average Bonchev–Trinajstić information content (AvgIpc) is 3.05. The molecule has 6 nitrogen and oxygen atoms in total. The van der Waals surface area contributed by atoms with Crippen LogP contribution in [0.4, 0.5) is 5.82 Å². The van der Waals surface area contributed by atoms with Crippen LogP contribution in [0.5, 0.6) is 0 Å². The van der Waals surface area contributed by atoms with Crippen molar-refractivity contribution in [3.63, 3.8) is 0 Å². The predicted molar refractivity (Wildman–Crippen MR) is 78.0 cm³/mol. The molecule has 3 heterocycles. The van der Waals surface area contributed by atoms with E-state index in [2.05, 4.69) is 37.6 Å². The van der Waals surface area contributed by atoms with Crippen LogP contribution >= 0.6 is 22.6 Å². The Morgan fingerprint density at radius 1 is 1.53 bits per heavy atom. The van der Waals surface area contributed by atoms with Crippen molar-refractivity contribution in [1.29, 1.82) is 0 Å². The Hall–Kier alpha value is -1.38. The molecule has 2 aromatic rings. The lowest BCUT2D eigenvalue weighted by atomic mass is 10.1. The Morgan fingerprint density at radius 3 is 3.16 bits per heavy atom. The molecule has 0 saturated carbocycles. The summed E-state index contributed by atoms with van der Waals surface area (Å²) in [5.74, 6) is 0.681. The van der Waals surface area contributed by atoms with Crippen molar-refractivity contribution >= 4 is 40.0 Å². The van der Waals surface area contributed by atoms with E-state index in [1.165, 1.54) is 7.11 Å². The van der Waals surface area contributed by atoms with E-state index in [1.807, 2.05) is 12.1 Å². The third-order valence-corrected chi connectivity index (χ3v) is 4.09. The number of imidazole rings is 1. The van der Waals surface area contributed by atoms with Gasteiger partial charge in [0.25, 0.3) is 0 Å². The monoisotopic (exact) mass is 372 g/mol. The fourth-order valence-electron chi connectivity index (χ4n) is 2.33. The van der Waals surface area contributed by atoms with Gasteiger partial charge in [-0.05, 0) is 41.1 Å².